The van der Waals surface area contributed by atoms with E-state index < -0.39 is 7.37 Å². The molecule has 0 fully saturated rings. The Morgan fingerprint density at radius 1 is 0.771 bits per heavy atom. The smallest absolute Gasteiger partial charge is 0.273 e. The minimum absolute atomic E-state index is 0.318. The number of fused-ring (bicyclic) bond motifs is 2. The highest BCUT2D eigenvalue weighted by Crippen LogP contribution is 2.43. The minimum atomic E-state index is -3.72. The average molecular weight is 499 g/mol. The van der Waals surface area contributed by atoms with E-state index in [0.717, 1.165) is 58.9 Å². The minimum Gasteiger partial charge on any atom is -0.483 e. The molecular formula is C26H35N4O4P. The predicted octanol–water partition coefficient (Wildman–Crippen LogP) is 4.50. The van der Waals surface area contributed by atoms with Gasteiger partial charge in [0.15, 0.2) is 12.7 Å². The molecule has 2 aromatic heterocycles. The molecule has 2 heterocycles. The summed E-state index contributed by atoms with van der Waals surface area (Å²) in [6.45, 7) is 1.80. The molecule has 0 spiro atoms. The first-order valence-electron chi connectivity index (χ1n) is 11.8. The Labute approximate surface area is 206 Å². The van der Waals surface area contributed by atoms with E-state index in [9.17, 15) is 9.46 Å². The Kier molecular flexibility index (Phi) is 7.87. The lowest BCUT2D eigenvalue weighted by Gasteiger charge is -2.16. The van der Waals surface area contributed by atoms with Gasteiger partial charge in [0.1, 0.15) is 11.5 Å². The van der Waals surface area contributed by atoms with Gasteiger partial charge in [-0.05, 0) is 76.4 Å². The molecule has 4 rings (SSSR count). The number of rotatable bonds is 12. The zero-order valence-electron chi connectivity index (χ0n) is 20.9. The van der Waals surface area contributed by atoms with Crippen molar-refractivity contribution in [3.63, 3.8) is 0 Å². The fourth-order valence-electron chi connectivity index (χ4n) is 4.14. The molecule has 8 nitrogen and oxygen atoms in total. The molecule has 9 heteroatoms. The Bertz CT molecular complexity index is 1230. The van der Waals surface area contributed by atoms with Crippen LogP contribution in [0.15, 0.2) is 48.8 Å². The van der Waals surface area contributed by atoms with Crippen molar-refractivity contribution >= 4 is 29.2 Å². The lowest BCUT2D eigenvalue weighted by Crippen LogP contribution is -2.15. The molecule has 188 valence electrons. The number of ether oxygens (including phenoxy) is 2. The van der Waals surface area contributed by atoms with Crippen molar-refractivity contribution in [3.8, 4) is 11.5 Å². The summed E-state index contributed by atoms with van der Waals surface area (Å²) >= 11 is 0. The van der Waals surface area contributed by atoms with Gasteiger partial charge in [-0.15, -0.1) is 0 Å². The molecule has 0 saturated heterocycles. The van der Waals surface area contributed by atoms with Crippen molar-refractivity contribution in [2.75, 3.05) is 54.0 Å². The van der Waals surface area contributed by atoms with Gasteiger partial charge in [0, 0.05) is 47.3 Å². The number of hydrogen-bond acceptors (Lipinski definition) is 5. The zero-order valence-corrected chi connectivity index (χ0v) is 21.8. The van der Waals surface area contributed by atoms with Crippen LogP contribution in [0.5, 0.6) is 11.5 Å². The first-order chi connectivity index (χ1) is 16.7. The third-order valence-electron chi connectivity index (χ3n) is 6.00. The van der Waals surface area contributed by atoms with E-state index in [1.807, 2.05) is 77.0 Å². The number of nitrogens with zero attached hydrogens (tertiary/aromatic N) is 2. The monoisotopic (exact) mass is 498 g/mol. The average Bonchev–Trinajstić information content (AvgIpc) is 3.43. The number of aromatic nitrogens is 2. The number of hydrogen-bond donors (Lipinski definition) is 3. The highest BCUT2D eigenvalue weighted by molar-refractivity contribution is 7.57. The second kappa shape index (κ2) is 10.9. The normalized spacial score (nSPS) is 12.3. The molecule has 0 radical (unpaired) electrons. The van der Waals surface area contributed by atoms with Crippen molar-refractivity contribution in [1.82, 2.24) is 19.8 Å². The van der Waals surface area contributed by atoms with Crippen LogP contribution in [0.2, 0.25) is 0 Å². The molecule has 0 atom stereocenters. The van der Waals surface area contributed by atoms with E-state index in [2.05, 4.69) is 19.8 Å². The zero-order chi connectivity index (χ0) is 25.0. The van der Waals surface area contributed by atoms with Crippen LogP contribution in [0, 0.1) is 0 Å². The van der Waals surface area contributed by atoms with Crippen LogP contribution in [0.25, 0.3) is 21.8 Å². The number of likely N-dealkylation sites (N-methyl/N-ethyl adjacent to an activating group) is 2. The van der Waals surface area contributed by atoms with Gasteiger partial charge >= 0.3 is 0 Å². The van der Waals surface area contributed by atoms with E-state index in [1.165, 1.54) is 0 Å². The van der Waals surface area contributed by atoms with Gasteiger partial charge < -0.3 is 34.1 Å². The Morgan fingerprint density at radius 2 is 1.20 bits per heavy atom. The summed E-state index contributed by atoms with van der Waals surface area (Å²) < 4.78 is 24.8. The second-order valence-electron chi connectivity index (χ2n) is 9.48. The van der Waals surface area contributed by atoms with Crippen LogP contribution in [0.3, 0.4) is 0 Å². The van der Waals surface area contributed by atoms with Crippen LogP contribution in [0.1, 0.15) is 11.1 Å². The molecule has 0 amide bonds. The summed E-state index contributed by atoms with van der Waals surface area (Å²) in [5, 5.41) is 1.91. The van der Waals surface area contributed by atoms with E-state index in [-0.39, 0.29) is 12.7 Å². The summed E-state index contributed by atoms with van der Waals surface area (Å²) in [6, 6.07) is 11.4. The first-order valence-corrected chi connectivity index (χ1v) is 13.8. The van der Waals surface area contributed by atoms with Crippen LogP contribution in [-0.2, 0) is 17.4 Å². The van der Waals surface area contributed by atoms with E-state index in [4.69, 9.17) is 9.47 Å². The molecule has 0 aliphatic carbocycles. The number of nitrogens with one attached hydrogen (secondary N) is 2. The van der Waals surface area contributed by atoms with Gasteiger partial charge in [0.05, 0.1) is 0 Å². The number of H-pyrrole nitrogens is 2. The fraction of sp³-hybridized carbons (Fsp3) is 0.385. The molecule has 35 heavy (non-hydrogen) atoms. The molecule has 0 aliphatic heterocycles. The number of benzene rings is 2. The van der Waals surface area contributed by atoms with Crippen LogP contribution < -0.4 is 9.47 Å². The summed E-state index contributed by atoms with van der Waals surface area (Å²) in [5.41, 5.74) is 4.14. The van der Waals surface area contributed by atoms with Gasteiger partial charge in [0.25, 0.3) is 7.37 Å². The van der Waals surface area contributed by atoms with Gasteiger partial charge in [-0.25, -0.2) is 0 Å². The topological polar surface area (TPSA) is 93.8 Å². The van der Waals surface area contributed by atoms with Crippen LogP contribution in [-0.4, -0.2) is 78.6 Å². The Hall–Kier alpha value is -2.77. The molecule has 0 unspecified atom stereocenters. The summed E-state index contributed by atoms with van der Waals surface area (Å²) in [4.78, 5) is 21.4. The molecule has 3 N–H and O–H groups in total. The van der Waals surface area contributed by atoms with Crippen molar-refractivity contribution in [2.24, 2.45) is 0 Å². The molecule has 0 bridgehead atoms. The molecule has 4 aromatic rings. The summed E-state index contributed by atoms with van der Waals surface area (Å²) in [6.07, 6.45) is 5.03. The van der Waals surface area contributed by atoms with E-state index in [1.54, 1.807) is 0 Å². The standard InChI is InChI=1S/C26H35N4O4P/c1-29(2)13-11-19-15-27-21-7-5-9-23(25(19)21)33-17-35(31,32)18-34-24-10-6-8-22-26(24)20(16-28-22)12-14-30(3)4/h5-10,15-16,27-28H,11-14,17-18H2,1-4H3,(H,31,32). The van der Waals surface area contributed by atoms with Crippen LogP contribution >= 0.6 is 7.37 Å². The maximum Gasteiger partial charge on any atom is 0.273 e. The lowest BCUT2D eigenvalue weighted by molar-refractivity contribution is 0.315. The third kappa shape index (κ3) is 6.27. The van der Waals surface area contributed by atoms with Gasteiger partial charge in [-0.1, -0.05) is 12.1 Å². The Balaban J connectivity index is 1.46. The highest BCUT2D eigenvalue weighted by Gasteiger charge is 2.23. The largest absolute Gasteiger partial charge is 0.483 e. The first kappa shape index (κ1) is 25.3. The summed E-state index contributed by atoms with van der Waals surface area (Å²) in [7, 11) is 4.42. The van der Waals surface area contributed by atoms with Gasteiger partial charge in [-0.3, -0.25) is 4.57 Å². The van der Waals surface area contributed by atoms with Crippen molar-refractivity contribution < 1.29 is 18.9 Å². The van der Waals surface area contributed by atoms with E-state index >= 15 is 0 Å². The van der Waals surface area contributed by atoms with E-state index in [0.29, 0.717) is 11.5 Å². The predicted molar refractivity (Wildman–Crippen MR) is 142 cm³/mol. The summed E-state index contributed by atoms with van der Waals surface area (Å²) in [5.74, 6) is 1.20. The maximum atomic E-state index is 13.0. The number of aromatic amines is 2. The molecule has 2 aromatic carbocycles. The maximum absolute atomic E-state index is 13.0. The van der Waals surface area contributed by atoms with Crippen molar-refractivity contribution in [3.05, 3.63) is 59.9 Å². The van der Waals surface area contributed by atoms with Crippen molar-refractivity contribution in [1.29, 1.82) is 0 Å². The fourth-order valence-corrected chi connectivity index (χ4v) is 4.90. The SMILES string of the molecule is CN(C)CCc1c[nH]c2cccc(OCP(=O)(O)COc3cccc4[nH]cc(CCN(C)C)c34)c12. The van der Waals surface area contributed by atoms with Gasteiger partial charge in [-0.2, -0.15) is 0 Å². The molecular weight excluding hydrogens is 463 g/mol. The highest BCUT2D eigenvalue weighted by atomic mass is 31.2. The molecule has 0 saturated carbocycles. The molecule has 0 aliphatic rings. The van der Waals surface area contributed by atoms with Gasteiger partial charge in [0.2, 0.25) is 0 Å². The quantitative estimate of drug-likeness (QED) is 0.249. The van der Waals surface area contributed by atoms with Crippen LogP contribution in [0.4, 0.5) is 0 Å². The van der Waals surface area contributed by atoms with Crippen molar-refractivity contribution in [2.45, 2.75) is 12.8 Å². The third-order valence-corrected chi connectivity index (χ3v) is 7.06. The Morgan fingerprint density at radius 3 is 1.60 bits per heavy atom. The second-order valence-corrected chi connectivity index (χ2v) is 11.7. The lowest BCUT2D eigenvalue weighted by atomic mass is 10.1.